The highest BCUT2D eigenvalue weighted by Gasteiger charge is 2.44. The van der Waals surface area contributed by atoms with Crippen molar-refractivity contribution in [1.29, 1.82) is 0 Å². The van der Waals surface area contributed by atoms with E-state index in [0.717, 1.165) is 44.9 Å². The van der Waals surface area contributed by atoms with Crippen LogP contribution in [0.1, 0.15) is 206 Å². The van der Waals surface area contributed by atoms with Gasteiger partial charge in [-0.15, -0.1) is 0 Å². The first-order chi connectivity index (χ1) is 28.7. The Morgan fingerprint density at radius 3 is 1.51 bits per heavy atom. The molecule has 0 aromatic carbocycles. The van der Waals surface area contributed by atoms with Crippen LogP contribution in [0, 0.1) is 0 Å². The van der Waals surface area contributed by atoms with Gasteiger partial charge < -0.3 is 50.5 Å². The standard InChI is InChI=1S/C48H91NO10/c1-3-5-7-9-11-12-13-14-15-16-17-18-19-20-21-22-23-24-25-26-27-28-30-32-34-36-41(52)47(57)49-39(43(53)40(51)35-33-31-29-10-8-6-4-2)38-58-48-46(56)45(55)44(54)42(37-50)59-48/h10,20-21,29,39-46,48,50-56H,3-9,11-19,22-28,30-38H2,1-2H3,(H,49,57)/b21-20-,29-10+. The molecule has 8 N–H and O–H groups in total. The molecule has 11 heteroatoms. The number of carbonyl (C=O) groups is 1. The van der Waals surface area contributed by atoms with Gasteiger partial charge in [-0.3, -0.25) is 4.79 Å². The third kappa shape index (κ3) is 28.0. The van der Waals surface area contributed by atoms with Crippen LogP contribution in [0.15, 0.2) is 24.3 Å². The Bertz CT molecular complexity index is 1010. The zero-order chi connectivity index (χ0) is 43.4. The lowest BCUT2D eigenvalue weighted by molar-refractivity contribution is -0.303. The van der Waals surface area contributed by atoms with Gasteiger partial charge in [-0.05, 0) is 57.8 Å². The molecule has 0 radical (unpaired) electrons. The molecule has 1 saturated heterocycles. The predicted molar refractivity (Wildman–Crippen MR) is 238 cm³/mol. The van der Waals surface area contributed by atoms with E-state index in [1.54, 1.807) is 0 Å². The van der Waals surface area contributed by atoms with E-state index in [4.69, 9.17) is 9.47 Å². The Balaban J connectivity index is 2.27. The number of unbranched alkanes of at least 4 members (excludes halogenated alkanes) is 24. The van der Waals surface area contributed by atoms with E-state index >= 15 is 0 Å². The largest absolute Gasteiger partial charge is 0.394 e. The van der Waals surface area contributed by atoms with Crippen molar-refractivity contribution >= 4 is 5.91 Å². The molecule has 348 valence electrons. The molecule has 1 rings (SSSR count). The second-order valence-corrected chi connectivity index (χ2v) is 17.2. The van der Waals surface area contributed by atoms with E-state index in [1.165, 1.54) is 122 Å². The normalized spacial score (nSPS) is 21.9. The van der Waals surface area contributed by atoms with Crippen LogP contribution in [0.2, 0.25) is 0 Å². The molecule has 0 aliphatic carbocycles. The van der Waals surface area contributed by atoms with Gasteiger partial charge in [0.15, 0.2) is 6.29 Å². The summed E-state index contributed by atoms with van der Waals surface area (Å²) in [5.41, 5.74) is 0. The Hall–Kier alpha value is -1.41. The molecule has 9 atom stereocenters. The molecule has 1 aliphatic heterocycles. The molecule has 1 aliphatic rings. The number of hydrogen-bond acceptors (Lipinski definition) is 10. The lowest BCUT2D eigenvalue weighted by Gasteiger charge is -2.40. The quantitative estimate of drug-likeness (QED) is 0.0221. The Kier molecular flexibility index (Phi) is 36.1. The van der Waals surface area contributed by atoms with Crippen LogP contribution in [0.3, 0.4) is 0 Å². The van der Waals surface area contributed by atoms with Crippen molar-refractivity contribution in [1.82, 2.24) is 5.32 Å². The third-order valence-corrected chi connectivity index (χ3v) is 11.7. The van der Waals surface area contributed by atoms with Crippen molar-refractivity contribution in [3.63, 3.8) is 0 Å². The summed E-state index contributed by atoms with van der Waals surface area (Å²) in [6, 6.07) is -1.18. The highest BCUT2D eigenvalue weighted by Crippen LogP contribution is 2.23. The summed E-state index contributed by atoms with van der Waals surface area (Å²) < 4.78 is 11.0. The van der Waals surface area contributed by atoms with Gasteiger partial charge >= 0.3 is 0 Å². The van der Waals surface area contributed by atoms with Gasteiger partial charge in [-0.1, -0.05) is 173 Å². The highest BCUT2D eigenvalue weighted by molar-refractivity contribution is 5.80. The van der Waals surface area contributed by atoms with E-state index in [-0.39, 0.29) is 12.8 Å². The van der Waals surface area contributed by atoms with Crippen molar-refractivity contribution in [3.05, 3.63) is 24.3 Å². The van der Waals surface area contributed by atoms with Gasteiger partial charge in [0.1, 0.15) is 36.6 Å². The van der Waals surface area contributed by atoms with Crippen molar-refractivity contribution in [2.45, 2.75) is 262 Å². The molecule has 1 amide bonds. The number of carbonyl (C=O) groups excluding carboxylic acids is 1. The SMILES string of the molecule is CCCC/C=C/CCCC(O)C(O)C(COC1OC(CO)C(O)C(O)C1O)NC(=O)C(O)CCCCCCCCCCC/C=C\CCCCCCCCCCCCCC. The number of amides is 1. The van der Waals surface area contributed by atoms with Gasteiger partial charge in [0.2, 0.25) is 5.91 Å². The number of ether oxygens (including phenoxy) is 2. The minimum atomic E-state index is -1.66. The average molecular weight is 842 g/mol. The molecule has 59 heavy (non-hydrogen) atoms. The minimum absolute atomic E-state index is 0.252. The number of aliphatic hydroxyl groups is 7. The fraction of sp³-hybridized carbons (Fsp3) is 0.896. The molecule has 9 unspecified atom stereocenters. The second-order valence-electron chi connectivity index (χ2n) is 17.2. The van der Waals surface area contributed by atoms with Crippen LogP contribution in [0.5, 0.6) is 0 Å². The van der Waals surface area contributed by atoms with Crippen molar-refractivity contribution < 1.29 is 50.0 Å². The molecule has 0 aromatic rings. The fourth-order valence-electron chi connectivity index (χ4n) is 7.66. The molecule has 0 aromatic heterocycles. The first-order valence-corrected chi connectivity index (χ1v) is 24.2. The second kappa shape index (κ2) is 38.3. The summed E-state index contributed by atoms with van der Waals surface area (Å²) in [6.45, 7) is 3.33. The van der Waals surface area contributed by atoms with Crippen molar-refractivity contribution in [3.8, 4) is 0 Å². The van der Waals surface area contributed by atoms with Gasteiger partial charge in [-0.25, -0.2) is 0 Å². The summed E-state index contributed by atoms with van der Waals surface area (Å²) in [5.74, 6) is -0.711. The summed E-state index contributed by atoms with van der Waals surface area (Å²) in [5, 5.41) is 75.3. The van der Waals surface area contributed by atoms with E-state index in [0.29, 0.717) is 12.8 Å². The Morgan fingerprint density at radius 1 is 0.576 bits per heavy atom. The summed E-state index contributed by atoms with van der Waals surface area (Å²) in [7, 11) is 0. The summed E-state index contributed by atoms with van der Waals surface area (Å²) >= 11 is 0. The van der Waals surface area contributed by atoms with Crippen molar-refractivity contribution in [2.75, 3.05) is 13.2 Å². The average Bonchev–Trinajstić information content (AvgIpc) is 3.23. The molecular formula is C48H91NO10. The van der Waals surface area contributed by atoms with Crippen LogP contribution >= 0.6 is 0 Å². The van der Waals surface area contributed by atoms with Gasteiger partial charge in [0, 0.05) is 0 Å². The van der Waals surface area contributed by atoms with Gasteiger partial charge in [0.25, 0.3) is 0 Å². The number of aliphatic hydroxyl groups excluding tert-OH is 7. The zero-order valence-electron chi connectivity index (χ0n) is 37.5. The van der Waals surface area contributed by atoms with Crippen LogP contribution in [-0.4, -0.2) is 110 Å². The van der Waals surface area contributed by atoms with Crippen LogP contribution in [0.4, 0.5) is 0 Å². The predicted octanol–water partition coefficient (Wildman–Crippen LogP) is 8.23. The first-order valence-electron chi connectivity index (χ1n) is 24.2. The third-order valence-electron chi connectivity index (χ3n) is 11.7. The van der Waals surface area contributed by atoms with E-state index < -0.39 is 74.2 Å². The number of rotatable bonds is 40. The highest BCUT2D eigenvalue weighted by atomic mass is 16.7. The van der Waals surface area contributed by atoms with Gasteiger partial charge in [0.05, 0.1) is 25.4 Å². The minimum Gasteiger partial charge on any atom is -0.394 e. The number of nitrogens with one attached hydrogen (secondary N) is 1. The van der Waals surface area contributed by atoms with Crippen LogP contribution in [-0.2, 0) is 14.3 Å². The van der Waals surface area contributed by atoms with Crippen LogP contribution in [0.25, 0.3) is 0 Å². The lowest BCUT2D eigenvalue weighted by atomic mass is 9.98. The topological polar surface area (TPSA) is 189 Å². The molecule has 0 bridgehead atoms. The first kappa shape index (κ1) is 55.6. The maximum absolute atomic E-state index is 13.0. The maximum Gasteiger partial charge on any atom is 0.249 e. The number of allylic oxidation sites excluding steroid dienone is 4. The molecular weight excluding hydrogens is 751 g/mol. The molecule has 1 fully saturated rings. The summed E-state index contributed by atoms with van der Waals surface area (Å²) in [4.78, 5) is 13.0. The zero-order valence-corrected chi connectivity index (χ0v) is 37.5. The van der Waals surface area contributed by atoms with E-state index in [1.807, 2.05) is 6.08 Å². The molecule has 0 saturated carbocycles. The lowest BCUT2D eigenvalue weighted by Crippen LogP contribution is -2.60. The molecule has 11 nitrogen and oxygen atoms in total. The van der Waals surface area contributed by atoms with E-state index in [9.17, 15) is 40.5 Å². The molecule has 1 heterocycles. The Morgan fingerprint density at radius 2 is 1.02 bits per heavy atom. The fourth-order valence-corrected chi connectivity index (χ4v) is 7.66. The van der Waals surface area contributed by atoms with E-state index in [2.05, 4.69) is 37.4 Å². The molecule has 0 spiro atoms. The van der Waals surface area contributed by atoms with Crippen LogP contribution < -0.4 is 5.32 Å². The summed E-state index contributed by atoms with van der Waals surface area (Å²) in [6.07, 6.45) is 31.4. The van der Waals surface area contributed by atoms with Crippen molar-refractivity contribution in [2.24, 2.45) is 0 Å². The Labute approximate surface area is 359 Å². The number of hydrogen-bond donors (Lipinski definition) is 8. The maximum atomic E-state index is 13.0. The smallest absolute Gasteiger partial charge is 0.249 e. The monoisotopic (exact) mass is 842 g/mol. The van der Waals surface area contributed by atoms with Gasteiger partial charge in [-0.2, -0.15) is 0 Å².